The van der Waals surface area contributed by atoms with E-state index in [0.717, 1.165) is 29.1 Å². The molecule has 6 aromatic rings. The van der Waals surface area contributed by atoms with Crippen molar-refractivity contribution in [3.8, 4) is 11.4 Å². The van der Waals surface area contributed by atoms with Gasteiger partial charge in [-0.05, 0) is 84.3 Å². The first-order valence-corrected chi connectivity index (χ1v) is 13.4. The fourth-order valence-corrected chi connectivity index (χ4v) is 4.78. The van der Waals surface area contributed by atoms with Gasteiger partial charge in [-0.25, -0.2) is 4.68 Å². The van der Waals surface area contributed by atoms with Crippen molar-refractivity contribution in [1.29, 1.82) is 0 Å². The van der Waals surface area contributed by atoms with Crippen molar-refractivity contribution in [2.75, 3.05) is 0 Å². The number of carbonyl (C=O) groups is 3. The number of hydrogen-bond donors (Lipinski definition) is 0. The number of hydrogen-bond acceptors (Lipinski definition) is 7. The molecule has 0 atom stereocenters. The topological polar surface area (TPSA) is 104 Å². The Balaban J connectivity index is 1.14. The summed E-state index contributed by atoms with van der Waals surface area (Å²) in [5.41, 5.74) is 5.07. The maximum atomic E-state index is 12.8. The molecule has 0 aliphatic heterocycles. The van der Waals surface area contributed by atoms with Crippen molar-refractivity contribution in [3.63, 3.8) is 0 Å². The number of rotatable bonds is 10. The van der Waals surface area contributed by atoms with Crippen LogP contribution in [0.5, 0.6) is 5.75 Å². The van der Waals surface area contributed by atoms with E-state index in [4.69, 9.17) is 20.8 Å². The number of ether oxygens (including phenoxy) is 1. The van der Waals surface area contributed by atoms with Gasteiger partial charge in [0.05, 0.1) is 17.4 Å². The van der Waals surface area contributed by atoms with Crippen LogP contribution in [0.25, 0.3) is 16.7 Å². The minimum Gasteiger partial charge on any atom is -0.486 e. The zero-order chi connectivity index (χ0) is 29.1. The van der Waals surface area contributed by atoms with Gasteiger partial charge in [-0.1, -0.05) is 41.1 Å². The molecule has 0 saturated carbocycles. The molecule has 0 saturated heterocycles. The van der Waals surface area contributed by atoms with Gasteiger partial charge < -0.3 is 9.15 Å². The summed E-state index contributed by atoms with van der Waals surface area (Å²) < 4.78 is 13.2. The molecule has 6 rings (SSSR count). The zero-order valence-electron chi connectivity index (χ0n) is 22.1. The van der Waals surface area contributed by atoms with Crippen molar-refractivity contribution in [2.45, 2.75) is 13.0 Å². The van der Waals surface area contributed by atoms with Crippen LogP contribution in [0.3, 0.4) is 0 Å². The summed E-state index contributed by atoms with van der Waals surface area (Å²) in [7, 11) is 0. The average molecular weight is 576 g/mol. The highest BCUT2D eigenvalue weighted by molar-refractivity contribution is 6.30. The maximum absolute atomic E-state index is 12.8. The normalized spacial score (nSPS) is 11.0. The van der Waals surface area contributed by atoms with Crippen molar-refractivity contribution in [1.82, 2.24) is 15.0 Å². The largest absolute Gasteiger partial charge is 0.486 e. The van der Waals surface area contributed by atoms with Crippen LogP contribution in [0.1, 0.15) is 53.7 Å². The van der Waals surface area contributed by atoms with Gasteiger partial charge in [0.2, 0.25) is 5.78 Å². The number of carbonyl (C=O) groups excluding carboxylic acids is 3. The summed E-state index contributed by atoms with van der Waals surface area (Å²) in [6.45, 7) is 0.0949. The van der Waals surface area contributed by atoms with Crippen LogP contribution in [0.4, 0.5) is 0 Å². The number of benzene rings is 4. The van der Waals surface area contributed by atoms with E-state index >= 15 is 0 Å². The molecule has 2 heterocycles. The molecule has 0 aliphatic rings. The predicted molar refractivity (Wildman–Crippen MR) is 157 cm³/mol. The summed E-state index contributed by atoms with van der Waals surface area (Å²) in [6.07, 6.45) is 3.76. The van der Waals surface area contributed by atoms with Crippen LogP contribution >= 0.6 is 11.6 Å². The van der Waals surface area contributed by atoms with Gasteiger partial charge in [-0.15, -0.1) is 5.10 Å². The van der Waals surface area contributed by atoms with Crippen molar-refractivity contribution < 1.29 is 23.5 Å². The van der Waals surface area contributed by atoms with E-state index in [-0.39, 0.29) is 18.2 Å². The SMILES string of the molecule is O=Cc1cc(Cc2ccc3oc(C(=O)c4ccc(Cl)cc4)cc3c2)ccc1OCc1cn(-c2ccccc2C=O)nn1. The second-order valence-corrected chi connectivity index (χ2v) is 10.0. The maximum Gasteiger partial charge on any atom is 0.228 e. The van der Waals surface area contributed by atoms with E-state index in [1.54, 1.807) is 66.9 Å². The molecule has 0 N–H and O–H groups in total. The predicted octanol–water partition coefficient (Wildman–Crippen LogP) is 6.69. The minimum absolute atomic E-state index is 0.0949. The van der Waals surface area contributed by atoms with E-state index in [1.165, 1.54) is 4.68 Å². The first-order chi connectivity index (χ1) is 20.5. The third kappa shape index (κ3) is 5.61. The van der Waals surface area contributed by atoms with E-state index in [1.807, 2.05) is 30.3 Å². The summed E-state index contributed by atoms with van der Waals surface area (Å²) in [5, 5.41) is 9.58. The Morgan fingerprint density at radius 2 is 1.64 bits per heavy atom. The smallest absolute Gasteiger partial charge is 0.228 e. The quantitative estimate of drug-likeness (QED) is 0.132. The Labute approximate surface area is 245 Å². The number of furan rings is 1. The van der Waals surface area contributed by atoms with Gasteiger partial charge in [0.1, 0.15) is 23.6 Å². The van der Waals surface area contributed by atoms with Crippen LogP contribution in [0.2, 0.25) is 5.02 Å². The summed E-state index contributed by atoms with van der Waals surface area (Å²) in [5.74, 6) is 0.457. The number of halogens is 1. The molecule has 0 unspecified atom stereocenters. The lowest BCUT2D eigenvalue weighted by molar-refractivity contribution is 0.101. The van der Waals surface area contributed by atoms with Gasteiger partial charge >= 0.3 is 0 Å². The minimum atomic E-state index is -0.219. The van der Waals surface area contributed by atoms with Crippen molar-refractivity contribution in [3.05, 3.63) is 141 Å². The molecule has 42 heavy (non-hydrogen) atoms. The van der Waals surface area contributed by atoms with E-state index < -0.39 is 0 Å². The van der Waals surface area contributed by atoms with Gasteiger partial charge in [0, 0.05) is 21.5 Å². The molecule has 2 aromatic heterocycles. The van der Waals surface area contributed by atoms with Crippen LogP contribution in [0.15, 0.2) is 102 Å². The van der Waals surface area contributed by atoms with Gasteiger partial charge in [0.25, 0.3) is 0 Å². The van der Waals surface area contributed by atoms with Gasteiger partial charge in [-0.3, -0.25) is 14.4 Å². The Kier molecular flexibility index (Phi) is 7.45. The highest BCUT2D eigenvalue weighted by Crippen LogP contribution is 2.26. The lowest BCUT2D eigenvalue weighted by Gasteiger charge is -2.09. The highest BCUT2D eigenvalue weighted by atomic mass is 35.5. The van der Waals surface area contributed by atoms with Crippen LogP contribution in [0, 0.1) is 0 Å². The van der Waals surface area contributed by atoms with Crippen molar-refractivity contribution in [2.24, 2.45) is 0 Å². The lowest BCUT2D eigenvalue weighted by Crippen LogP contribution is -2.00. The van der Waals surface area contributed by atoms with E-state index in [2.05, 4.69) is 10.3 Å². The Morgan fingerprint density at radius 1 is 0.881 bits per heavy atom. The fraction of sp³-hybridized carbons (Fsp3) is 0.0606. The Morgan fingerprint density at radius 3 is 2.45 bits per heavy atom. The third-order valence-corrected chi connectivity index (χ3v) is 7.00. The number of para-hydroxylation sites is 1. The number of aldehydes is 2. The third-order valence-electron chi connectivity index (χ3n) is 6.75. The van der Waals surface area contributed by atoms with Crippen LogP contribution in [-0.2, 0) is 13.0 Å². The highest BCUT2D eigenvalue weighted by Gasteiger charge is 2.15. The van der Waals surface area contributed by atoms with E-state index in [9.17, 15) is 14.4 Å². The molecule has 0 radical (unpaired) electrons. The molecular weight excluding hydrogens is 554 g/mol. The van der Waals surface area contributed by atoms with Crippen LogP contribution in [-0.4, -0.2) is 33.3 Å². The molecule has 8 nitrogen and oxygen atoms in total. The molecule has 9 heteroatoms. The second kappa shape index (κ2) is 11.6. The zero-order valence-corrected chi connectivity index (χ0v) is 22.8. The Bertz CT molecular complexity index is 1940. The first-order valence-electron chi connectivity index (χ1n) is 13.0. The molecular formula is C33H22ClN3O5. The fourth-order valence-electron chi connectivity index (χ4n) is 4.66. The molecule has 4 aromatic carbocycles. The molecule has 206 valence electrons. The van der Waals surface area contributed by atoms with Gasteiger partial charge in [0.15, 0.2) is 18.3 Å². The standard InChI is InChI=1S/C33H22ClN3O5/c34-27-9-7-23(8-10-27)33(40)32-16-25-14-21(6-12-31(25)42-32)13-22-5-11-30(26(15-22)19-39)41-20-28-17-37(36-35-28)29-4-2-1-3-24(29)18-38/h1-12,14-19H,13,20H2. The van der Waals surface area contributed by atoms with Crippen LogP contribution < -0.4 is 4.74 Å². The molecule has 0 bridgehead atoms. The second-order valence-electron chi connectivity index (χ2n) is 9.61. The lowest BCUT2D eigenvalue weighted by atomic mass is 10.0. The number of fused-ring (bicyclic) bond motifs is 1. The molecule has 0 spiro atoms. The van der Waals surface area contributed by atoms with Crippen molar-refractivity contribution >= 4 is 40.9 Å². The number of aromatic nitrogens is 3. The van der Waals surface area contributed by atoms with Gasteiger partial charge in [-0.2, -0.15) is 0 Å². The number of nitrogens with zero attached hydrogens (tertiary/aromatic N) is 3. The average Bonchev–Trinajstić information content (AvgIpc) is 3.67. The summed E-state index contributed by atoms with van der Waals surface area (Å²) >= 11 is 5.93. The number of ketones is 1. The molecule has 0 amide bonds. The van der Waals surface area contributed by atoms with E-state index in [0.29, 0.717) is 50.8 Å². The summed E-state index contributed by atoms with van der Waals surface area (Å²) in [4.78, 5) is 36.1. The monoisotopic (exact) mass is 575 g/mol. The first kappa shape index (κ1) is 26.9. The molecule has 0 aliphatic carbocycles. The Hall–Kier alpha value is -5.34. The summed E-state index contributed by atoms with van der Waals surface area (Å²) in [6, 6.07) is 26.6. The molecule has 0 fully saturated rings.